The largest absolute Gasteiger partial charge is 0.504 e. The van der Waals surface area contributed by atoms with Gasteiger partial charge in [-0.25, -0.2) is 0 Å². The fraction of sp³-hybridized carbons (Fsp3) is 0.350. The van der Waals surface area contributed by atoms with E-state index in [4.69, 9.17) is 9.84 Å². The van der Waals surface area contributed by atoms with Gasteiger partial charge in [0.05, 0.1) is 7.11 Å². The minimum absolute atomic E-state index is 0.0184. The molecule has 1 N–H and O–H groups in total. The van der Waals surface area contributed by atoms with Crippen LogP contribution in [-0.4, -0.2) is 18.0 Å². The van der Waals surface area contributed by atoms with Crippen LogP contribution in [0.5, 0.6) is 11.5 Å². The van der Waals surface area contributed by atoms with Gasteiger partial charge in [-0.2, -0.15) is 0 Å². The number of ether oxygens (including phenoxy) is 1. The summed E-state index contributed by atoms with van der Waals surface area (Å²) in [6.07, 6.45) is 8.59. The third-order valence-corrected chi connectivity index (χ3v) is 3.72. The van der Waals surface area contributed by atoms with E-state index in [1.807, 2.05) is 19.9 Å². The fourth-order valence-electron chi connectivity index (χ4n) is 2.64. The molecule has 2 rings (SSSR count). The monoisotopic (exact) mass is 314 g/mol. The molecule has 0 aromatic heterocycles. The maximum Gasteiger partial charge on any atom is 0.182 e. The zero-order chi connectivity index (χ0) is 17.5. The molecule has 0 atom stereocenters. The molecule has 0 spiro atoms. The average molecular weight is 314 g/mol. The van der Waals surface area contributed by atoms with Crippen LogP contribution in [0, 0.1) is 5.41 Å². The second kappa shape index (κ2) is 8.37. The van der Waals surface area contributed by atoms with Crippen molar-refractivity contribution in [3.05, 3.63) is 59.7 Å². The van der Waals surface area contributed by atoms with Crippen molar-refractivity contribution >= 4 is 5.78 Å². The Morgan fingerprint density at radius 3 is 2.43 bits per heavy atom. The summed E-state index contributed by atoms with van der Waals surface area (Å²) >= 11 is 0. The number of carbonyl (C=O) groups is 1. The van der Waals surface area contributed by atoms with Gasteiger partial charge in [-0.1, -0.05) is 44.2 Å². The van der Waals surface area contributed by atoms with Crippen molar-refractivity contribution in [3.8, 4) is 11.5 Å². The minimum atomic E-state index is -0.0184. The van der Waals surface area contributed by atoms with Crippen LogP contribution in [0.25, 0.3) is 0 Å². The van der Waals surface area contributed by atoms with Gasteiger partial charge in [-0.3, -0.25) is 4.79 Å². The van der Waals surface area contributed by atoms with Gasteiger partial charge in [0.15, 0.2) is 17.3 Å². The molecule has 0 saturated carbocycles. The summed E-state index contributed by atoms with van der Waals surface area (Å²) in [5.41, 5.74) is 2.04. The Morgan fingerprint density at radius 1 is 1.30 bits per heavy atom. The van der Waals surface area contributed by atoms with Crippen LogP contribution in [-0.2, 0) is 4.79 Å². The highest BCUT2D eigenvalue weighted by Gasteiger charge is 2.29. The number of carbonyl (C=O) groups excluding carboxylic acids is 1. The lowest BCUT2D eigenvalue weighted by Gasteiger charge is -2.29. The third-order valence-electron chi connectivity index (χ3n) is 3.72. The molecule has 1 aromatic rings. The van der Waals surface area contributed by atoms with E-state index in [0.29, 0.717) is 5.75 Å². The number of aromatic hydroxyl groups is 1. The second-order valence-corrected chi connectivity index (χ2v) is 6.08. The van der Waals surface area contributed by atoms with Crippen molar-refractivity contribution < 1.29 is 14.6 Å². The van der Waals surface area contributed by atoms with Gasteiger partial charge in [0.25, 0.3) is 0 Å². The molecule has 3 nitrogen and oxygen atoms in total. The Kier molecular flexibility index (Phi) is 6.83. The Hall–Kier alpha value is -2.29. The smallest absolute Gasteiger partial charge is 0.182 e. The lowest BCUT2D eigenvalue weighted by molar-refractivity contribution is -0.112. The maximum atomic E-state index is 11.8. The van der Waals surface area contributed by atoms with Crippen LogP contribution in [0.1, 0.15) is 34.1 Å². The molecule has 124 valence electrons. The molecule has 0 heterocycles. The fourth-order valence-corrected chi connectivity index (χ4v) is 2.64. The van der Waals surface area contributed by atoms with E-state index >= 15 is 0 Å². The van der Waals surface area contributed by atoms with Crippen molar-refractivity contribution in [1.82, 2.24) is 0 Å². The standard InChI is InChI=1S/C13H18O.C7H8O2/c1-5-7-11(14)12-10(2)8-6-9-13(12,3)4;1-9-7-5-3-2-4-6(7)8/h5-8H,9H2,1-4H3;2-5,8H,1H3/b7-5+;. The van der Waals surface area contributed by atoms with Gasteiger partial charge in [-0.05, 0) is 49.5 Å². The Bertz CT molecular complexity index is 634. The third kappa shape index (κ3) is 5.13. The predicted octanol–water partition coefficient (Wildman–Crippen LogP) is 4.84. The number of methoxy groups -OCH3 is 1. The van der Waals surface area contributed by atoms with E-state index in [1.54, 1.807) is 36.4 Å². The number of phenols is 1. The van der Waals surface area contributed by atoms with E-state index in [0.717, 1.165) is 17.6 Å². The topological polar surface area (TPSA) is 46.5 Å². The number of benzene rings is 1. The van der Waals surface area contributed by atoms with Crippen LogP contribution in [0.3, 0.4) is 0 Å². The molecule has 0 fully saturated rings. The summed E-state index contributed by atoms with van der Waals surface area (Å²) in [5.74, 6) is 0.844. The van der Waals surface area contributed by atoms with E-state index in [2.05, 4.69) is 19.9 Å². The molecule has 1 aliphatic carbocycles. The first kappa shape index (κ1) is 18.8. The van der Waals surface area contributed by atoms with Crippen LogP contribution in [0.2, 0.25) is 0 Å². The van der Waals surface area contributed by atoms with Gasteiger partial charge in [0.1, 0.15) is 0 Å². The van der Waals surface area contributed by atoms with Crippen molar-refractivity contribution in [1.29, 1.82) is 0 Å². The Balaban J connectivity index is 0.000000253. The molecule has 0 amide bonds. The van der Waals surface area contributed by atoms with Crippen LogP contribution < -0.4 is 4.74 Å². The van der Waals surface area contributed by atoms with Crippen LogP contribution in [0.15, 0.2) is 59.7 Å². The van der Waals surface area contributed by atoms with Crippen molar-refractivity contribution in [2.45, 2.75) is 34.1 Å². The number of ketones is 1. The number of para-hydroxylation sites is 2. The molecular formula is C20H26O3. The number of phenolic OH excluding ortho intramolecular Hbond substituents is 1. The second-order valence-electron chi connectivity index (χ2n) is 6.08. The average Bonchev–Trinajstić information content (AvgIpc) is 2.47. The summed E-state index contributed by atoms with van der Waals surface area (Å²) in [6.45, 7) is 8.13. The minimum Gasteiger partial charge on any atom is -0.504 e. The number of rotatable bonds is 3. The normalized spacial score (nSPS) is 16.0. The first-order chi connectivity index (χ1) is 10.8. The number of hydrogen-bond donors (Lipinski definition) is 1. The molecule has 1 aromatic carbocycles. The van der Waals surface area contributed by atoms with Crippen LogP contribution >= 0.6 is 0 Å². The molecule has 23 heavy (non-hydrogen) atoms. The summed E-state index contributed by atoms with van der Waals surface area (Å²) in [5, 5.41) is 8.99. The molecular weight excluding hydrogens is 288 g/mol. The van der Waals surface area contributed by atoms with Gasteiger partial charge >= 0.3 is 0 Å². The summed E-state index contributed by atoms with van der Waals surface area (Å²) in [6, 6.07) is 6.84. The molecule has 0 radical (unpaired) electrons. The number of allylic oxidation sites excluding steroid dienone is 6. The van der Waals surface area contributed by atoms with Crippen molar-refractivity contribution in [2.24, 2.45) is 5.41 Å². The highest BCUT2D eigenvalue weighted by Crippen LogP contribution is 2.37. The first-order valence-electron chi connectivity index (χ1n) is 7.70. The highest BCUT2D eigenvalue weighted by molar-refractivity contribution is 6.05. The molecule has 0 bridgehead atoms. The van der Waals surface area contributed by atoms with Gasteiger partial charge in [0, 0.05) is 5.57 Å². The predicted molar refractivity (Wildman–Crippen MR) is 94.7 cm³/mol. The van der Waals surface area contributed by atoms with Crippen LogP contribution in [0.4, 0.5) is 0 Å². The summed E-state index contributed by atoms with van der Waals surface area (Å²) in [7, 11) is 1.52. The molecule has 0 saturated heterocycles. The van der Waals surface area contributed by atoms with Gasteiger partial charge in [0.2, 0.25) is 0 Å². The van der Waals surface area contributed by atoms with Gasteiger partial charge in [-0.15, -0.1) is 0 Å². The zero-order valence-corrected chi connectivity index (χ0v) is 14.6. The molecule has 3 heteroatoms. The first-order valence-corrected chi connectivity index (χ1v) is 7.70. The molecule has 0 aliphatic heterocycles. The lowest BCUT2D eigenvalue weighted by Crippen LogP contribution is -2.23. The maximum absolute atomic E-state index is 11.8. The summed E-state index contributed by atoms with van der Waals surface area (Å²) < 4.78 is 4.79. The lowest BCUT2D eigenvalue weighted by atomic mass is 9.74. The van der Waals surface area contributed by atoms with E-state index in [1.165, 1.54) is 7.11 Å². The van der Waals surface area contributed by atoms with E-state index < -0.39 is 0 Å². The quantitative estimate of drug-likeness (QED) is 0.812. The van der Waals surface area contributed by atoms with Crippen molar-refractivity contribution in [2.75, 3.05) is 7.11 Å². The summed E-state index contributed by atoms with van der Waals surface area (Å²) in [4.78, 5) is 11.8. The number of hydrogen-bond acceptors (Lipinski definition) is 3. The Morgan fingerprint density at radius 2 is 1.96 bits per heavy atom. The van der Waals surface area contributed by atoms with E-state index in [-0.39, 0.29) is 16.9 Å². The molecule has 1 aliphatic rings. The Labute approximate surface area is 139 Å². The SMILES string of the molecule is C/C=C/C(=O)C1=C(C)C=CCC1(C)C.COc1ccccc1O. The van der Waals surface area contributed by atoms with Crippen molar-refractivity contribution in [3.63, 3.8) is 0 Å². The zero-order valence-electron chi connectivity index (χ0n) is 14.6. The molecule has 0 unspecified atom stereocenters. The van der Waals surface area contributed by atoms with Gasteiger partial charge < -0.3 is 9.84 Å². The highest BCUT2D eigenvalue weighted by atomic mass is 16.5. The van der Waals surface area contributed by atoms with E-state index in [9.17, 15) is 4.79 Å².